The van der Waals surface area contributed by atoms with Gasteiger partial charge in [-0.05, 0) is 26.2 Å². The van der Waals surface area contributed by atoms with Gasteiger partial charge >= 0.3 is 11.9 Å². The molecule has 0 N–H and O–H groups in total. The van der Waals surface area contributed by atoms with E-state index in [9.17, 15) is 9.59 Å². The van der Waals surface area contributed by atoms with Crippen LogP contribution in [0.3, 0.4) is 0 Å². The zero-order valence-corrected chi connectivity index (χ0v) is 20.1. The lowest BCUT2D eigenvalue weighted by Gasteiger charge is -2.31. The lowest BCUT2D eigenvalue weighted by molar-refractivity contribution is -0.157. The van der Waals surface area contributed by atoms with Crippen LogP contribution in [0.1, 0.15) is 105 Å². The molecule has 1 unspecified atom stereocenters. The minimum Gasteiger partial charge on any atom is -0.466 e. The average Bonchev–Trinajstić information content (AvgIpc) is 2.69. The molecular formula is C23H44O5S. The van der Waals surface area contributed by atoms with Crippen molar-refractivity contribution >= 4 is 24.6 Å². The van der Waals surface area contributed by atoms with Gasteiger partial charge in [0.2, 0.25) is 0 Å². The number of carbonyl (C=O) groups excluding carboxylic acids is 2. The molecule has 0 saturated carbocycles. The minimum atomic E-state index is -1.34. The summed E-state index contributed by atoms with van der Waals surface area (Å²) in [4.78, 5) is 24.9. The molecule has 0 radical (unpaired) electrons. The highest BCUT2D eigenvalue weighted by molar-refractivity contribution is 7.82. The molecule has 0 aromatic heterocycles. The van der Waals surface area contributed by atoms with Crippen LogP contribution in [0.2, 0.25) is 0 Å². The Morgan fingerprint density at radius 3 is 1.86 bits per heavy atom. The largest absolute Gasteiger partial charge is 0.466 e. The van der Waals surface area contributed by atoms with Gasteiger partial charge in [-0.1, -0.05) is 72.1 Å². The molecule has 0 aliphatic heterocycles. The van der Waals surface area contributed by atoms with Gasteiger partial charge in [0.05, 0.1) is 25.7 Å². The molecule has 6 heteroatoms. The van der Waals surface area contributed by atoms with Crippen molar-refractivity contribution in [3.63, 3.8) is 0 Å². The van der Waals surface area contributed by atoms with Crippen molar-refractivity contribution in [1.29, 1.82) is 0 Å². The van der Waals surface area contributed by atoms with Crippen LogP contribution in [0.4, 0.5) is 0 Å². The topological polar surface area (TPSA) is 61.8 Å². The molecule has 29 heavy (non-hydrogen) atoms. The van der Waals surface area contributed by atoms with E-state index in [-0.39, 0.29) is 6.42 Å². The van der Waals surface area contributed by atoms with E-state index in [1.807, 2.05) is 13.8 Å². The normalized spacial score (nSPS) is 14.2. The fraction of sp³-hybridized carbons (Fsp3) is 0.913. The maximum absolute atomic E-state index is 12.7. The number of carbonyl (C=O) groups is 2. The van der Waals surface area contributed by atoms with Gasteiger partial charge in [0.15, 0.2) is 0 Å². The van der Waals surface area contributed by atoms with Crippen molar-refractivity contribution in [2.24, 2.45) is 0 Å². The zero-order chi connectivity index (χ0) is 22.0. The number of ether oxygens (including phenoxy) is 3. The van der Waals surface area contributed by atoms with Gasteiger partial charge in [0, 0.05) is 6.61 Å². The summed E-state index contributed by atoms with van der Waals surface area (Å²) in [6.07, 6.45) is 11.1. The van der Waals surface area contributed by atoms with Crippen molar-refractivity contribution in [1.82, 2.24) is 0 Å². The van der Waals surface area contributed by atoms with Gasteiger partial charge in [-0.3, -0.25) is 9.59 Å². The highest BCUT2D eigenvalue weighted by Crippen LogP contribution is 2.29. The Bertz CT molecular complexity index is 429. The number of hydrogen-bond acceptors (Lipinski definition) is 6. The summed E-state index contributed by atoms with van der Waals surface area (Å²) in [6.45, 7) is 9.29. The summed E-state index contributed by atoms with van der Waals surface area (Å²) in [5.41, 5.74) is 0. The van der Waals surface area contributed by atoms with Crippen molar-refractivity contribution in [3.8, 4) is 0 Å². The van der Waals surface area contributed by atoms with Gasteiger partial charge in [0.25, 0.3) is 0 Å². The first-order chi connectivity index (χ1) is 13.9. The highest BCUT2D eigenvalue weighted by Gasteiger charge is 2.45. The molecule has 0 amide bonds. The Morgan fingerprint density at radius 1 is 0.759 bits per heavy atom. The molecule has 0 aromatic carbocycles. The molecule has 5 nitrogen and oxygen atoms in total. The first-order valence-electron chi connectivity index (χ1n) is 11.6. The quantitative estimate of drug-likeness (QED) is 0.157. The molecule has 0 spiro atoms. The fourth-order valence-electron chi connectivity index (χ4n) is 2.87. The summed E-state index contributed by atoms with van der Waals surface area (Å²) >= 11 is 4.58. The molecule has 0 heterocycles. The summed E-state index contributed by atoms with van der Waals surface area (Å²) in [5, 5.41) is 0. The van der Waals surface area contributed by atoms with Crippen molar-refractivity contribution in [2.75, 3.05) is 19.8 Å². The Hall–Kier alpha value is -0.750. The maximum atomic E-state index is 12.7. The van der Waals surface area contributed by atoms with Crippen LogP contribution in [0.25, 0.3) is 0 Å². The summed E-state index contributed by atoms with van der Waals surface area (Å²) in [6, 6.07) is 0. The number of rotatable bonds is 19. The smallest absolute Gasteiger partial charge is 0.325 e. The summed E-state index contributed by atoms with van der Waals surface area (Å²) < 4.78 is 15.2. The van der Waals surface area contributed by atoms with Crippen LogP contribution in [0.15, 0.2) is 0 Å². The fourth-order valence-corrected chi connectivity index (χ4v) is 3.14. The second kappa shape index (κ2) is 18.1. The third kappa shape index (κ3) is 13.2. The van der Waals surface area contributed by atoms with Gasteiger partial charge in [-0.15, -0.1) is 0 Å². The molecule has 0 saturated heterocycles. The van der Waals surface area contributed by atoms with E-state index in [0.29, 0.717) is 19.8 Å². The molecule has 0 rings (SSSR count). The maximum Gasteiger partial charge on any atom is 0.325 e. The number of esters is 2. The minimum absolute atomic E-state index is 0.150. The van der Waals surface area contributed by atoms with Crippen LogP contribution >= 0.6 is 12.6 Å². The highest BCUT2D eigenvalue weighted by atomic mass is 32.1. The Morgan fingerprint density at radius 2 is 1.28 bits per heavy atom. The lowest BCUT2D eigenvalue weighted by Crippen LogP contribution is -2.48. The molecule has 0 bridgehead atoms. The Kier molecular flexibility index (Phi) is 17.6. The van der Waals surface area contributed by atoms with Crippen LogP contribution < -0.4 is 0 Å². The van der Waals surface area contributed by atoms with E-state index < -0.39 is 22.8 Å². The predicted octanol–water partition coefficient (Wildman–Crippen LogP) is 5.89. The molecular weight excluding hydrogens is 388 g/mol. The summed E-state index contributed by atoms with van der Waals surface area (Å²) in [7, 11) is 0. The second-order valence-corrected chi connectivity index (χ2v) is 8.60. The van der Waals surface area contributed by atoms with E-state index in [0.717, 1.165) is 38.5 Å². The Labute approximate surface area is 184 Å². The van der Waals surface area contributed by atoms with Crippen LogP contribution in [-0.2, 0) is 23.8 Å². The predicted molar refractivity (Wildman–Crippen MR) is 121 cm³/mol. The molecule has 0 aliphatic carbocycles. The first-order valence-corrected chi connectivity index (χ1v) is 12.0. The monoisotopic (exact) mass is 432 g/mol. The van der Waals surface area contributed by atoms with Crippen molar-refractivity contribution in [3.05, 3.63) is 0 Å². The van der Waals surface area contributed by atoms with Crippen LogP contribution in [0.5, 0.6) is 0 Å². The molecule has 0 aromatic rings. The number of thiol groups is 1. The molecule has 172 valence electrons. The standard InChI is InChI=1S/C23H44O5S/c1-5-8-11-12-13-14-15-18-26-20(4)23(29,22(25)28-17-10-7-3)19-21(24)27-16-9-6-2/h20,29H,5-19H2,1-4H3/t20?,23-/m0/s1. The molecule has 0 fully saturated rings. The third-order valence-corrected chi connectivity index (χ3v) is 5.75. The number of hydrogen-bond donors (Lipinski definition) is 1. The van der Waals surface area contributed by atoms with E-state index >= 15 is 0 Å². The third-order valence-electron chi connectivity index (χ3n) is 5.05. The van der Waals surface area contributed by atoms with Gasteiger partial charge < -0.3 is 14.2 Å². The van der Waals surface area contributed by atoms with E-state index in [1.165, 1.54) is 32.1 Å². The SMILES string of the molecule is CCCCCCCCCOC(C)[C@@](S)(CC(=O)OCCCC)C(=O)OCCCC. The van der Waals surface area contributed by atoms with Gasteiger partial charge in [0.1, 0.15) is 4.75 Å². The van der Waals surface area contributed by atoms with E-state index in [2.05, 4.69) is 19.6 Å². The summed E-state index contributed by atoms with van der Waals surface area (Å²) in [5.74, 6) is -0.943. The van der Waals surface area contributed by atoms with Gasteiger partial charge in [-0.25, -0.2) is 0 Å². The van der Waals surface area contributed by atoms with Crippen molar-refractivity contribution < 1.29 is 23.8 Å². The first kappa shape index (κ1) is 28.2. The van der Waals surface area contributed by atoms with E-state index in [4.69, 9.17) is 14.2 Å². The number of unbranched alkanes of at least 4 members (excludes halogenated alkanes) is 8. The Balaban J connectivity index is 4.60. The lowest BCUT2D eigenvalue weighted by atomic mass is 9.98. The van der Waals surface area contributed by atoms with Gasteiger partial charge in [-0.2, -0.15) is 12.6 Å². The van der Waals surface area contributed by atoms with Crippen molar-refractivity contribution in [2.45, 2.75) is 116 Å². The van der Waals surface area contributed by atoms with Crippen LogP contribution in [0, 0.1) is 0 Å². The average molecular weight is 433 g/mol. The molecule has 2 atom stereocenters. The van der Waals surface area contributed by atoms with Crippen LogP contribution in [-0.4, -0.2) is 42.6 Å². The van der Waals surface area contributed by atoms with E-state index in [1.54, 1.807) is 6.92 Å². The molecule has 0 aliphatic rings. The second-order valence-electron chi connectivity index (χ2n) is 7.80. The zero-order valence-electron chi connectivity index (χ0n) is 19.2.